The van der Waals surface area contributed by atoms with Gasteiger partial charge in [-0.1, -0.05) is 0 Å². The molecule has 1 aromatic heterocycles. The molecule has 0 bridgehead atoms. The van der Waals surface area contributed by atoms with Gasteiger partial charge in [0.05, 0.1) is 4.88 Å². The second-order valence-corrected chi connectivity index (χ2v) is 2.73. The summed E-state index contributed by atoms with van der Waals surface area (Å²) in [6.07, 6.45) is 1.65. The number of hydrogen-bond acceptors (Lipinski definition) is 4. The number of thiophene rings is 1. The van der Waals surface area contributed by atoms with Crippen LogP contribution in [0.3, 0.4) is 0 Å². The molecule has 0 unspecified atom stereocenters. The fraction of sp³-hybridized carbons (Fsp3) is 0. The summed E-state index contributed by atoms with van der Waals surface area (Å²) in [4.78, 5) is 31.1. The van der Waals surface area contributed by atoms with E-state index in [4.69, 9.17) is 0 Å². The Bertz CT molecular complexity index is 280. The van der Waals surface area contributed by atoms with E-state index in [1.54, 1.807) is 0 Å². The van der Waals surface area contributed by atoms with Gasteiger partial charge < -0.3 is 0 Å². The normalized spacial score (nSPS) is 8.33. The average molecular weight is 191 g/mol. The van der Waals surface area contributed by atoms with Gasteiger partial charge in [-0.3, -0.25) is 14.4 Å². The van der Waals surface area contributed by atoms with Gasteiger partial charge in [0.1, 0.15) is 0 Å². The van der Waals surface area contributed by atoms with Crippen molar-refractivity contribution in [2.45, 2.75) is 0 Å². The zero-order valence-corrected chi connectivity index (χ0v) is 9.26. The van der Waals surface area contributed by atoms with Gasteiger partial charge in [-0.05, 0) is 0 Å². The van der Waals surface area contributed by atoms with E-state index < -0.39 is 0 Å². The van der Waals surface area contributed by atoms with Crippen LogP contribution in [-0.2, 0) is 0 Å². The molecule has 5 heteroatoms. The van der Waals surface area contributed by atoms with E-state index in [2.05, 4.69) is 0 Å². The van der Waals surface area contributed by atoms with Crippen molar-refractivity contribution < 1.29 is 14.4 Å². The first-order chi connectivity index (χ1) is 5.33. The van der Waals surface area contributed by atoms with E-state index in [1.165, 1.54) is 5.38 Å². The van der Waals surface area contributed by atoms with E-state index in [0.29, 0.717) is 23.7 Å². The zero-order chi connectivity index (χ0) is 8.27. The largest absolute Gasteiger partial charge is 0.298 e. The molecule has 57 valence electrons. The number of carbonyl (C=O) groups excluding carboxylic acids is 3. The second kappa shape index (κ2) is 5.37. The standard InChI is InChI=1S/C7H4O3S.Na/c8-1-5-4-11-7(3-10)6(5)2-9;/h1-4H;. The molecule has 0 amide bonds. The Morgan fingerprint density at radius 3 is 2.17 bits per heavy atom. The molecule has 0 saturated carbocycles. The van der Waals surface area contributed by atoms with Gasteiger partial charge in [0.2, 0.25) is 0 Å². The van der Waals surface area contributed by atoms with Crippen LogP contribution in [0.15, 0.2) is 5.38 Å². The number of hydrogen-bond donors (Lipinski definition) is 0. The van der Waals surface area contributed by atoms with Gasteiger partial charge in [-0.25, -0.2) is 0 Å². The summed E-state index contributed by atoms with van der Waals surface area (Å²) >= 11 is 1.09. The molecule has 12 heavy (non-hydrogen) atoms. The maximum Gasteiger partial charge on any atom is 0.160 e. The maximum absolute atomic E-state index is 10.3. The summed E-state index contributed by atoms with van der Waals surface area (Å²) in [7, 11) is 0. The first-order valence-electron chi connectivity index (χ1n) is 2.80. The molecule has 0 atom stereocenters. The number of aldehydes is 3. The van der Waals surface area contributed by atoms with Crippen LogP contribution in [0.1, 0.15) is 30.4 Å². The van der Waals surface area contributed by atoms with E-state index in [-0.39, 0.29) is 40.7 Å². The molecule has 1 heterocycles. The van der Waals surface area contributed by atoms with Gasteiger partial charge in [-0.15, -0.1) is 11.3 Å². The van der Waals surface area contributed by atoms with Crippen LogP contribution in [0.5, 0.6) is 0 Å². The average Bonchev–Trinajstić information content (AvgIpc) is 2.45. The summed E-state index contributed by atoms with van der Waals surface area (Å²) < 4.78 is 0. The van der Waals surface area contributed by atoms with Crippen LogP contribution in [0.2, 0.25) is 0 Å². The first-order valence-corrected chi connectivity index (χ1v) is 3.68. The fourth-order valence-corrected chi connectivity index (χ4v) is 1.49. The molecule has 3 nitrogen and oxygen atoms in total. The Labute approximate surface area is 95.1 Å². The smallest absolute Gasteiger partial charge is 0.160 e. The van der Waals surface area contributed by atoms with Crippen molar-refractivity contribution in [2.24, 2.45) is 0 Å². The Morgan fingerprint density at radius 1 is 1.08 bits per heavy atom. The topological polar surface area (TPSA) is 51.2 Å². The number of carbonyl (C=O) groups is 3. The van der Waals surface area contributed by atoms with Crippen molar-refractivity contribution in [3.8, 4) is 0 Å². The molecule has 0 N–H and O–H groups in total. The van der Waals surface area contributed by atoms with E-state index in [0.717, 1.165) is 11.3 Å². The predicted octanol–water partition coefficient (Wildman–Crippen LogP) is 0.805. The molecule has 1 radical (unpaired) electrons. The van der Waals surface area contributed by atoms with E-state index >= 15 is 0 Å². The van der Waals surface area contributed by atoms with Gasteiger partial charge in [0.15, 0.2) is 18.9 Å². The Kier molecular flexibility index (Phi) is 5.24. The zero-order valence-electron chi connectivity index (χ0n) is 6.44. The molecule has 0 aromatic carbocycles. The third-order valence-corrected chi connectivity index (χ3v) is 2.18. The Balaban J connectivity index is 0.00000121. The summed E-state index contributed by atoms with van der Waals surface area (Å²) in [5, 5.41) is 1.49. The first kappa shape index (κ1) is 11.7. The van der Waals surface area contributed by atoms with Crippen molar-refractivity contribution >= 4 is 59.8 Å². The third kappa shape index (κ3) is 2.10. The summed E-state index contributed by atoms with van der Waals surface area (Å²) in [6.45, 7) is 0. The molecular formula is C7H4NaO3S. The van der Waals surface area contributed by atoms with Crippen LogP contribution in [0.4, 0.5) is 0 Å². The van der Waals surface area contributed by atoms with Crippen LogP contribution >= 0.6 is 11.3 Å². The monoisotopic (exact) mass is 191 g/mol. The molecule has 0 fully saturated rings. The van der Waals surface area contributed by atoms with Crippen LogP contribution < -0.4 is 0 Å². The van der Waals surface area contributed by atoms with Crippen LogP contribution in [-0.4, -0.2) is 48.4 Å². The molecule has 0 spiro atoms. The SMILES string of the molecule is O=Cc1csc(C=O)c1C=O.[Na]. The molecule has 0 aliphatic heterocycles. The minimum absolute atomic E-state index is 0. The minimum atomic E-state index is 0. The minimum Gasteiger partial charge on any atom is -0.298 e. The van der Waals surface area contributed by atoms with Crippen molar-refractivity contribution in [3.63, 3.8) is 0 Å². The van der Waals surface area contributed by atoms with Crippen LogP contribution in [0.25, 0.3) is 0 Å². The summed E-state index contributed by atoms with van der Waals surface area (Å²) in [5.74, 6) is 0. The maximum atomic E-state index is 10.3. The van der Waals surface area contributed by atoms with Crippen molar-refractivity contribution in [1.82, 2.24) is 0 Å². The van der Waals surface area contributed by atoms with Crippen molar-refractivity contribution in [2.75, 3.05) is 0 Å². The van der Waals surface area contributed by atoms with E-state index in [1.807, 2.05) is 0 Å². The number of rotatable bonds is 3. The Hall–Kier alpha value is -0.290. The Morgan fingerprint density at radius 2 is 1.75 bits per heavy atom. The molecule has 1 aromatic rings. The van der Waals surface area contributed by atoms with E-state index in [9.17, 15) is 14.4 Å². The molecule has 0 aliphatic rings. The van der Waals surface area contributed by atoms with Gasteiger partial charge >= 0.3 is 0 Å². The molecular weight excluding hydrogens is 187 g/mol. The predicted molar refractivity (Wildman–Crippen MR) is 46.2 cm³/mol. The summed E-state index contributed by atoms with van der Waals surface area (Å²) in [6, 6.07) is 0. The van der Waals surface area contributed by atoms with Gasteiger partial charge in [0.25, 0.3) is 0 Å². The fourth-order valence-electron chi connectivity index (χ4n) is 0.705. The van der Waals surface area contributed by atoms with Gasteiger partial charge in [0, 0.05) is 46.1 Å². The molecule has 0 saturated heterocycles. The summed E-state index contributed by atoms with van der Waals surface area (Å²) in [5.41, 5.74) is 0.479. The molecule has 0 aliphatic carbocycles. The quantitative estimate of drug-likeness (QED) is 0.524. The van der Waals surface area contributed by atoms with Gasteiger partial charge in [-0.2, -0.15) is 0 Å². The van der Waals surface area contributed by atoms with Crippen molar-refractivity contribution in [1.29, 1.82) is 0 Å². The second-order valence-electron chi connectivity index (χ2n) is 1.82. The van der Waals surface area contributed by atoms with Crippen LogP contribution in [0, 0.1) is 0 Å². The third-order valence-electron chi connectivity index (χ3n) is 1.24. The van der Waals surface area contributed by atoms with Crippen molar-refractivity contribution in [3.05, 3.63) is 21.4 Å². The molecule has 1 rings (SSSR count).